The smallest absolute Gasteiger partial charge is 0.234 e. The molecule has 0 spiro atoms. The third-order valence-corrected chi connectivity index (χ3v) is 3.95. The average Bonchev–Trinajstić information content (AvgIpc) is 2.54. The van der Waals surface area contributed by atoms with Crippen molar-refractivity contribution < 1.29 is 4.79 Å². The van der Waals surface area contributed by atoms with Gasteiger partial charge in [-0.05, 0) is 45.7 Å². The topological polar surface area (TPSA) is 33.2 Å². The van der Waals surface area contributed by atoms with Gasteiger partial charge in [-0.3, -0.25) is 9.78 Å². The zero-order valence-corrected chi connectivity index (χ0v) is 13.2. The van der Waals surface area contributed by atoms with Crippen LogP contribution in [-0.2, 0) is 10.2 Å². The van der Waals surface area contributed by atoms with Gasteiger partial charge in [0.1, 0.15) is 0 Å². The molecule has 0 aliphatic carbocycles. The molecule has 1 aromatic heterocycles. The lowest BCUT2D eigenvalue weighted by atomic mass is 9.80. The Morgan fingerprint density at radius 3 is 2.16 bits per heavy atom. The zero-order valence-electron chi connectivity index (χ0n) is 13.2. The van der Waals surface area contributed by atoms with E-state index in [-0.39, 0.29) is 11.4 Å². The Kier molecular flexibility index (Phi) is 4.39. The van der Waals surface area contributed by atoms with E-state index in [9.17, 15) is 4.79 Å². The average molecular weight is 262 g/mol. The second kappa shape index (κ2) is 5.32. The minimum absolute atomic E-state index is 0.0988. The van der Waals surface area contributed by atoms with Crippen LogP contribution in [0, 0.1) is 6.92 Å². The third kappa shape index (κ3) is 2.65. The van der Waals surface area contributed by atoms with E-state index < -0.39 is 5.41 Å². The van der Waals surface area contributed by atoms with Gasteiger partial charge in [-0.25, -0.2) is 0 Å². The highest BCUT2D eigenvalue weighted by Gasteiger charge is 2.52. The first kappa shape index (κ1) is 15.7. The largest absolute Gasteiger partial charge is 0.340 e. The molecule has 1 unspecified atom stereocenters. The summed E-state index contributed by atoms with van der Waals surface area (Å²) in [5, 5.41) is 0. The molecule has 0 N–H and O–H groups in total. The number of carbonyl (C=O) groups excluding carboxylic acids is 1. The summed E-state index contributed by atoms with van der Waals surface area (Å²) in [6, 6.07) is 3.99. The highest BCUT2D eigenvalue weighted by molar-refractivity contribution is 5.90. The molecule has 0 saturated carbocycles. The Bertz CT molecular complexity index is 450. The van der Waals surface area contributed by atoms with E-state index in [1.54, 1.807) is 0 Å². The fourth-order valence-corrected chi connectivity index (χ4v) is 2.70. The molecule has 2 rings (SSSR count). The van der Waals surface area contributed by atoms with Gasteiger partial charge in [0, 0.05) is 18.8 Å². The summed E-state index contributed by atoms with van der Waals surface area (Å²) in [4.78, 5) is 18.7. The molecule has 3 heteroatoms. The van der Waals surface area contributed by atoms with Crippen LogP contribution < -0.4 is 0 Å². The van der Waals surface area contributed by atoms with Gasteiger partial charge < -0.3 is 4.90 Å². The van der Waals surface area contributed by atoms with Gasteiger partial charge in [-0.15, -0.1) is 0 Å². The van der Waals surface area contributed by atoms with Crippen LogP contribution in [0.5, 0.6) is 0 Å². The summed E-state index contributed by atoms with van der Waals surface area (Å²) >= 11 is 0. The van der Waals surface area contributed by atoms with Gasteiger partial charge in [0.2, 0.25) is 5.91 Å². The number of likely N-dealkylation sites (N-methyl/N-ethyl adjacent to an activating group) is 1. The van der Waals surface area contributed by atoms with E-state index >= 15 is 0 Å². The molecular formula is C16H26N2O. The first-order chi connectivity index (χ1) is 8.77. The number of amides is 1. The molecule has 1 fully saturated rings. The van der Waals surface area contributed by atoms with Crippen LogP contribution in [0.4, 0.5) is 0 Å². The first-order valence-corrected chi connectivity index (χ1v) is 6.99. The SMILES string of the molecule is CC.Cc1ccc(C2(C)CC(C)(C)N(C)C2=O)nc1. The molecule has 1 amide bonds. The maximum atomic E-state index is 12.4. The molecule has 0 radical (unpaired) electrons. The van der Waals surface area contributed by atoms with Gasteiger partial charge in [0.25, 0.3) is 0 Å². The number of aryl methyl sites for hydroxylation is 1. The maximum Gasteiger partial charge on any atom is 0.234 e. The van der Waals surface area contributed by atoms with Crippen LogP contribution in [0.1, 0.15) is 52.3 Å². The number of hydrogen-bond donors (Lipinski definition) is 0. The van der Waals surface area contributed by atoms with Crippen molar-refractivity contribution in [3.05, 3.63) is 29.6 Å². The van der Waals surface area contributed by atoms with E-state index in [0.717, 1.165) is 17.7 Å². The standard InChI is InChI=1S/C14H20N2O.C2H6/c1-10-6-7-11(15-8-10)14(4)9-13(2,3)16(5)12(14)17;1-2/h6-8H,9H2,1-5H3;1-2H3. The van der Waals surface area contributed by atoms with Crippen molar-refractivity contribution >= 4 is 5.91 Å². The van der Waals surface area contributed by atoms with Crippen LogP contribution in [0.2, 0.25) is 0 Å². The molecule has 19 heavy (non-hydrogen) atoms. The Morgan fingerprint density at radius 1 is 1.21 bits per heavy atom. The molecule has 1 atom stereocenters. The second-order valence-corrected chi connectivity index (χ2v) is 5.91. The van der Waals surface area contributed by atoms with Gasteiger partial charge in [0.15, 0.2) is 0 Å². The Labute approximate surface area is 117 Å². The van der Waals surface area contributed by atoms with E-state index in [1.807, 2.05) is 58.0 Å². The second-order valence-electron chi connectivity index (χ2n) is 5.91. The lowest BCUT2D eigenvalue weighted by Gasteiger charge is -2.26. The number of carbonyl (C=O) groups is 1. The van der Waals surface area contributed by atoms with Gasteiger partial charge >= 0.3 is 0 Å². The van der Waals surface area contributed by atoms with Gasteiger partial charge in [0.05, 0.1) is 11.1 Å². The van der Waals surface area contributed by atoms with Crippen molar-refractivity contribution in [3.63, 3.8) is 0 Å². The predicted octanol–water partition coefficient (Wildman–Crippen LogP) is 3.31. The van der Waals surface area contributed by atoms with Crippen molar-refractivity contribution in [2.75, 3.05) is 7.05 Å². The van der Waals surface area contributed by atoms with Crippen molar-refractivity contribution in [2.24, 2.45) is 0 Å². The maximum absolute atomic E-state index is 12.4. The van der Waals surface area contributed by atoms with Crippen molar-refractivity contribution in [1.82, 2.24) is 9.88 Å². The third-order valence-electron chi connectivity index (χ3n) is 3.95. The Morgan fingerprint density at radius 2 is 1.79 bits per heavy atom. The molecule has 1 aromatic rings. The molecular weight excluding hydrogens is 236 g/mol. The first-order valence-electron chi connectivity index (χ1n) is 6.99. The summed E-state index contributed by atoms with van der Waals surface area (Å²) < 4.78 is 0. The van der Waals surface area contributed by atoms with Crippen LogP contribution >= 0.6 is 0 Å². The predicted molar refractivity (Wildman–Crippen MR) is 79.1 cm³/mol. The lowest BCUT2D eigenvalue weighted by molar-refractivity contribution is -0.132. The van der Waals surface area contributed by atoms with E-state index in [4.69, 9.17) is 0 Å². The van der Waals surface area contributed by atoms with Gasteiger partial charge in [-0.1, -0.05) is 19.9 Å². The summed E-state index contributed by atoms with van der Waals surface area (Å²) in [5.41, 5.74) is 1.42. The fraction of sp³-hybridized carbons (Fsp3) is 0.625. The number of hydrogen-bond acceptors (Lipinski definition) is 2. The van der Waals surface area contributed by atoms with Crippen LogP contribution in [-0.4, -0.2) is 28.4 Å². The molecule has 3 nitrogen and oxygen atoms in total. The molecule has 0 aromatic carbocycles. The van der Waals surface area contributed by atoms with Crippen molar-refractivity contribution in [3.8, 4) is 0 Å². The number of pyridine rings is 1. The van der Waals surface area contributed by atoms with Gasteiger partial charge in [-0.2, -0.15) is 0 Å². The number of likely N-dealkylation sites (tertiary alicyclic amines) is 1. The molecule has 1 aliphatic heterocycles. The molecule has 1 aliphatic rings. The summed E-state index contributed by atoms with van der Waals surface area (Å²) in [6.07, 6.45) is 2.64. The van der Waals surface area contributed by atoms with Crippen LogP contribution in [0.15, 0.2) is 18.3 Å². The lowest BCUT2D eigenvalue weighted by Crippen LogP contribution is -2.38. The summed E-state index contributed by atoms with van der Waals surface area (Å²) in [6.45, 7) is 12.2. The summed E-state index contributed by atoms with van der Waals surface area (Å²) in [7, 11) is 1.88. The van der Waals surface area contributed by atoms with Crippen LogP contribution in [0.25, 0.3) is 0 Å². The molecule has 0 bridgehead atoms. The normalized spacial score (nSPS) is 25.0. The molecule has 106 valence electrons. The zero-order chi connectivity index (χ0) is 14.8. The number of aromatic nitrogens is 1. The van der Waals surface area contributed by atoms with E-state index in [0.29, 0.717) is 0 Å². The Balaban J connectivity index is 0.000000861. The number of rotatable bonds is 1. The van der Waals surface area contributed by atoms with Crippen LogP contribution in [0.3, 0.4) is 0 Å². The minimum atomic E-state index is -0.480. The summed E-state index contributed by atoms with van der Waals surface area (Å²) in [5.74, 6) is 0.166. The van der Waals surface area contributed by atoms with Crippen molar-refractivity contribution in [1.29, 1.82) is 0 Å². The van der Waals surface area contributed by atoms with E-state index in [2.05, 4.69) is 18.8 Å². The highest BCUT2D eigenvalue weighted by Crippen LogP contribution is 2.42. The molecule has 2 heterocycles. The quantitative estimate of drug-likeness (QED) is 0.778. The monoisotopic (exact) mass is 262 g/mol. The van der Waals surface area contributed by atoms with E-state index in [1.165, 1.54) is 0 Å². The highest BCUT2D eigenvalue weighted by atomic mass is 16.2. The fourth-order valence-electron chi connectivity index (χ4n) is 2.70. The number of nitrogens with zero attached hydrogens (tertiary/aromatic N) is 2. The van der Waals surface area contributed by atoms with Crippen molar-refractivity contribution in [2.45, 2.75) is 58.9 Å². The minimum Gasteiger partial charge on any atom is -0.340 e. The Hall–Kier alpha value is -1.38. The molecule has 1 saturated heterocycles.